The van der Waals surface area contributed by atoms with Crippen LogP contribution in [0.3, 0.4) is 0 Å². The number of piperidine rings is 1. The van der Waals surface area contributed by atoms with E-state index in [1.807, 2.05) is 53.0 Å². The van der Waals surface area contributed by atoms with E-state index in [0.717, 1.165) is 47.4 Å². The Kier molecular flexibility index (Phi) is 6.53. The van der Waals surface area contributed by atoms with Crippen molar-refractivity contribution in [2.45, 2.75) is 25.7 Å². The van der Waals surface area contributed by atoms with Crippen LogP contribution in [0.5, 0.6) is 11.5 Å². The molecular formula is C27H30N4O2. The standard InChI is InChI=1S/C27H30N4O2/c1-32-23-14-10-22(11-15-23)25-6-5-7-27-28-26(29-31(25)27)20-21-8-12-24(13-9-21)33-19-18-30-16-3-2-4-17-30/h5-15H,2-4,16-20H2,1H3. The van der Waals surface area contributed by atoms with Crippen LogP contribution in [0, 0.1) is 0 Å². The molecule has 5 rings (SSSR count). The van der Waals surface area contributed by atoms with Crippen molar-refractivity contribution in [3.05, 3.63) is 78.1 Å². The largest absolute Gasteiger partial charge is 0.497 e. The molecule has 3 heterocycles. The van der Waals surface area contributed by atoms with Gasteiger partial charge in [0.05, 0.1) is 12.8 Å². The Hall–Kier alpha value is -3.38. The van der Waals surface area contributed by atoms with Gasteiger partial charge in [0.15, 0.2) is 11.5 Å². The lowest BCUT2D eigenvalue weighted by Gasteiger charge is -2.26. The van der Waals surface area contributed by atoms with Gasteiger partial charge in [-0.3, -0.25) is 4.90 Å². The molecule has 0 radical (unpaired) electrons. The first-order valence-corrected chi connectivity index (χ1v) is 11.7. The van der Waals surface area contributed by atoms with Crippen LogP contribution in [-0.4, -0.2) is 52.8 Å². The van der Waals surface area contributed by atoms with Crippen molar-refractivity contribution in [3.63, 3.8) is 0 Å². The second-order valence-electron chi connectivity index (χ2n) is 8.51. The number of pyridine rings is 1. The van der Waals surface area contributed by atoms with Gasteiger partial charge < -0.3 is 9.47 Å². The fourth-order valence-corrected chi connectivity index (χ4v) is 4.37. The van der Waals surface area contributed by atoms with Gasteiger partial charge in [-0.1, -0.05) is 24.6 Å². The van der Waals surface area contributed by atoms with Crippen LogP contribution in [0.1, 0.15) is 30.7 Å². The number of likely N-dealkylation sites (tertiary alicyclic amines) is 1. The van der Waals surface area contributed by atoms with Gasteiger partial charge in [0.1, 0.15) is 18.1 Å². The van der Waals surface area contributed by atoms with E-state index in [2.05, 4.69) is 23.1 Å². The highest BCUT2D eigenvalue weighted by atomic mass is 16.5. The number of fused-ring (bicyclic) bond motifs is 1. The summed E-state index contributed by atoms with van der Waals surface area (Å²) in [4.78, 5) is 7.24. The Labute approximate surface area is 194 Å². The lowest BCUT2D eigenvalue weighted by Crippen LogP contribution is -2.33. The number of hydrogen-bond acceptors (Lipinski definition) is 5. The number of aromatic nitrogens is 3. The summed E-state index contributed by atoms with van der Waals surface area (Å²) < 4.78 is 13.1. The SMILES string of the molecule is COc1ccc(-c2cccc3nc(Cc4ccc(OCCN5CCCCC5)cc4)nn23)cc1. The maximum absolute atomic E-state index is 5.96. The maximum Gasteiger partial charge on any atom is 0.156 e. The van der Waals surface area contributed by atoms with Gasteiger partial charge in [-0.15, -0.1) is 0 Å². The summed E-state index contributed by atoms with van der Waals surface area (Å²) in [5, 5.41) is 4.79. The van der Waals surface area contributed by atoms with Gasteiger partial charge >= 0.3 is 0 Å². The highest BCUT2D eigenvalue weighted by molar-refractivity contribution is 5.63. The molecule has 0 saturated carbocycles. The summed E-state index contributed by atoms with van der Waals surface area (Å²) in [5.41, 5.74) is 4.09. The van der Waals surface area contributed by atoms with E-state index in [-0.39, 0.29) is 0 Å². The number of ether oxygens (including phenoxy) is 2. The van der Waals surface area contributed by atoms with Crippen molar-refractivity contribution in [3.8, 4) is 22.8 Å². The molecule has 0 bridgehead atoms. The summed E-state index contributed by atoms with van der Waals surface area (Å²) in [7, 11) is 1.67. The summed E-state index contributed by atoms with van der Waals surface area (Å²) in [5.74, 6) is 2.55. The Balaban J connectivity index is 1.24. The van der Waals surface area contributed by atoms with Gasteiger partial charge in [-0.25, -0.2) is 9.50 Å². The normalized spacial score (nSPS) is 14.5. The van der Waals surface area contributed by atoms with Crippen molar-refractivity contribution < 1.29 is 9.47 Å². The molecule has 170 valence electrons. The summed E-state index contributed by atoms with van der Waals surface area (Å²) in [6.07, 6.45) is 4.67. The minimum Gasteiger partial charge on any atom is -0.497 e. The van der Waals surface area contributed by atoms with E-state index in [9.17, 15) is 0 Å². The average Bonchev–Trinajstić information content (AvgIpc) is 3.28. The van der Waals surface area contributed by atoms with Crippen LogP contribution in [0.15, 0.2) is 66.7 Å². The van der Waals surface area contributed by atoms with Gasteiger partial charge in [0.25, 0.3) is 0 Å². The van der Waals surface area contributed by atoms with Crippen LogP contribution in [0.25, 0.3) is 16.9 Å². The molecule has 2 aromatic heterocycles. The molecule has 0 N–H and O–H groups in total. The molecule has 1 saturated heterocycles. The van der Waals surface area contributed by atoms with E-state index in [4.69, 9.17) is 19.6 Å². The molecule has 6 nitrogen and oxygen atoms in total. The lowest BCUT2D eigenvalue weighted by atomic mass is 10.1. The van der Waals surface area contributed by atoms with Crippen molar-refractivity contribution >= 4 is 5.65 Å². The molecule has 0 spiro atoms. The molecule has 0 amide bonds. The Bertz CT molecular complexity index is 1180. The second kappa shape index (κ2) is 10.0. The minimum atomic E-state index is 0.678. The van der Waals surface area contributed by atoms with Gasteiger partial charge in [0.2, 0.25) is 0 Å². The molecule has 0 unspecified atom stereocenters. The van der Waals surface area contributed by atoms with Crippen LogP contribution in [-0.2, 0) is 6.42 Å². The predicted octanol–water partition coefficient (Wildman–Crippen LogP) is 4.86. The minimum absolute atomic E-state index is 0.678. The zero-order valence-electron chi connectivity index (χ0n) is 19.1. The van der Waals surface area contributed by atoms with Gasteiger partial charge in [-0.2, -0.15) is 5.10 Å². The number of nitrogens with zero attached hydrogens (tertiary/aromatic N) is 4. The molecule has 0 atom stereocenters. The van der Waals surface area contributed by atoms with E-state index < -0.39 is 0 Å². The first-order chi connectivity index (χ1) is 16.3. The van der Waals surface area contributed by atoms with Crippen LogP contribution in [0.4, 0.5) is 0 Å². The Morgan fingerprint density at radius 1 is 0.848 bits per heavy atom. The number of methoxy groups -OCH3 is 1. The van der Waals surface area contributed by atoms with Gasteiger partial charge in [0, 0.05) is 18.5 Å². The lowest BCUT2D eigenvalue weighted by molar-refractivity contribution is 0.183. The Morgan fingerprint density at radius 2 is 1.61 bits per heavy atom. The third-order valence-corrected chi connectivity index (χ3v) is 6.20. The molecule has 6 heteroatoms. The first-order valence-electron chi connectivity index (χ1n) is 11.7. The van der Waals surface area contributed by atoms with E-state index in [1.165, 1.54) is 37.9 Å². The highest BCUT2D eigenvalue weighted by Crippen LogP contribution is 2.23. The summed E-state index contributed by atoms with van der Waals surface area (Å²) in [6, 6.07) is 22.4. The number of benzene rings is 2. The fraction of sp³-hybridized carbons (Fsp3) is 0.333. The molecule has 1 fully saturated rings. The third kappa shape index (κ3) is 5.17. The smallest absolute Gasteiger partial charge is 0.156 e. The number of rotatable bonds is 8. The quantitative estimate of drug-likeness (QED) is 0.390. The maximum atomic E-state index is 5.96. The van der Waals surface area contributed by atoms with Crippen LogP contribution < -0.4 is 9.47 Å². The average molecular weight is 443 g/mol. The molecule has 1 aliphatic rings. The summed E-state index contributed by atoms with van der Waals surface area (Å²) in [6.45, 7) is 4.15. The second-order valence-corrected chi connectivity index (χ2v) is 8.51. The molecule has 2 aromatic carbocycles. The number of hydrogen-bond donors (Lipinski definition) is 0. The highest BCUT2D eigenvalue weighted by Gasteiger charge is 2.11. The zero-order valence-corrected chi connectivity index (χ0v) is 19.1. The first kappa shape index (κ1) is 21.5. The van der Waals surface area contributed by atoms with Crippen LogP contribution >= 0.6 is 0 Å². The molecular weight excluding hydrogens is 412 g/mol. The van der Waals surface area contributed by atoms with E-state index >= 15 is 0 Å². The topological polar surface area (TPSA) is 51.9 Å². The fourth-order valence-electron chi connectivity index (χ4n) is 4.37. The monoisotopic (exact) mass is 442 g/mol. The molecule has 0 aliphatic carbocycles. The van der Waals surface area contributed by atoms with Crippen LogP contribution in [0.2, 0.25) is 0 Å². The van der Waals surface area contributed by atoms with Crippen molar-refractivity contribution in [2.75, 3.05) is 33.4 Å². The summed E-state index contributed by atoms with van der Waals surface area (Å²) >= 11 is 0. The Morgan fingerprint density at radius 3 is 2.36 bits per heavy atom. The molecule has 1 aliphatic heterocycles. The van der Waals surface area contributed by atoms with E-state index in [1.54, 1.807) is 7.11 Å². The van der Waals surface area contributed by atoms with Crippen molar-refractivity contribution in [1.29, 1.82) is 0 Å². The zero-order chi connectivity index (χ0) is 22.5. The predicted molar refractivity (Wildman–Crippen MR) is 130 cm³/mol. The van der Waals surface area contributed by atoms with E-state index in [0.29, 0.717) is 6.42 Å². The molecule has 33 heavy (non-hydrogen) atoms. The van der Waals surface area contributed by atoms with Crippen molar-refractivity contribution in [2.24, 2.45) is 0 Å². The molecule has 4 aromatic rings. The van der Waals surface area contributed by atoms with Gasteiger partial charge in [-0.05, 0) is 80.0 Å². The van der Waals surface area contributed by atoms with Crippen molar-refractivity contribution in [1.82, 2.24) is 19.5 Å². The third-order valence-electron chi connectivity index (χ3n) is 6.20.